The average Bonchev–Trinajstić information content (AvgIpc) is 3.18. The third-order valence-electron chi connectivity index (χ3n) is 7.38. The summed E-state index contributed by atoms with van der Waals surface area (Å²) < 4.78 is 0. The van der Waals surface area contributed by atoms with E-state index in [9.17, 15) is 5.11 Å². The molecule has 2 aliphatic carbocycles. The number of benzene rings is 1. The van der Waals surface area contributed by atoms with Gasteiger partial charge < -0.3 is 10.0 Å². The summed E-state index contributed by atoms with van der Waals surface area (Å²) in [6.07, 6.45) is 15.1. The largest absolute Gasteiger partial charge is 0.392 e. The van der Waals surface area contributed by atoms with Crippen LogP contribution in [0.15, 0.2) is 48.1 Å². The number of hydrogen-bond acceptors (Lipinski definition) is 2. The normalized spacial score (nSPS) is 26.6. The zero-order valence-corrected chi connectivity index (χ0v) is 19.9. The molecule has 0 spiro atoms. The molecule has 1 aromatic carbocycles. The molecular formula is C28H43NO. The van der Waals surface area contributed by atoms with Gasteiger partial charge in [0.15, 0.2) is 0 Å². The van der Waals surface area contributed by atoms with E-state index >= 15 is 0 Å². The van der Waals surface area contributed by atoms with Gasteiger partial charge in [-0.1, -0.05) is 53.6 Å². The van der Waals surface area contributed by atoms with Gasteiger partial charge in [0.25, 0.3) is 0 Å². The fraction of sp³-hybridized carbons (Fsp3) is 0.643. The van der Waals surface area contributed by atoms with Crippen molar-refractivity contribution in [1.82, 2.24) is 4.90 Å². The number of aliphatic hydroxyl groups is 1. The van der Waals surface area contributed by atoms with Crippen LogP contribution < -0.4 is 0 Å². The fourth-order valence-electron chi connectivity index (χ4n) is 5.20. The number of nitrogens with zero attached hydrogens (tertiary/aromatic N) is 1. The van der Waals surface area contributed by atoms with Crippen LogP contribution in [-0.4, -0.2) is 35.2 Å². The van der Waals surface area contributed by atoms with Gasteiger partial charge in [0.2, 0.25) is 0 Å². The van der Waals surface area contributed by atoms with Crippen LogP contribution in [0, 0.1) is 24.7 Å². The maximum absolute atomic E-state index is 10.6. The Morgan fingerprint density at radius 2 is 1.97 bits per heavy atom. The Kier molecular flexibility index (Phi) is 7.98. The van der Waals surface area contributed by atoms with Crippen molar-refractivity contribution in [2.24, 2.45) is 17.8 Å². The van der Waals surface area contributed by atoms with Crippen LogP contribution in [0.25, 0.3) is 0 Å². The number of unbranched alkanes of at least 4 members (excludes halogenated alkanes) is 1. The number of aliphatic hydroxyl groups excluding tert-OH is 1. The van der Waals surface area contributed by atoms with Gasteiger partial charge in [0.05, 0.1) is 6.10 Å². The van der Waals surface area contributed by atoms with Crippen LogP contribution >= 0.6 is 0 Å². The van der Waals surface area contributed by atoms with Gasteiger partial charge in [-0.15, -0.1) is 0 Å². The maximum Gasteiger partial charge on any atom is 0.0611 e. The molecule has 3 rings (SSSR count). The van der Waals surface area contributed by atoms with E-state index < -0.39 is 0 Å². The predicted molar refractivity (Wildman–Crippen MR) is 129 cm³/mol. The lowest BCUT2D eigenvalue weighted by Crippen LogP contribution is -2.38. The summed E-state index contributed by atoms with van der Waals surface area (Å²) in [5.74, 6) is 1.56. The molecular weight excluding hydrogens is 366 g/mol. The van der Waals surface area contributed by atoms with Gasteiger partial charge in [-0.2, -0.15) is 0 Å². The van der Waals surface area contributed by atoms with E-state index in [0.717, 1.165) is 19.3 Å². The molecule has 0 unspecified atom stereocenters. The molecule has 1 fully saturated rings. The van der Waals surface area contributed by atoms with E-state index in [1.54, 1.807) is 5.57 Å². The van der Waals surface area contributed by atoms with E-state index in [0.29, 0.717) is 17.8 Å². The first-order valence-electron chi connectivity index (χ1n) is 12.0. The molecule has 0 aromatic heterocycles. The molecule has 0 saturated heterocycles. The van der Waals surface area contributed by atoms with Crippen LogP contribution in [0.2, 0.25) is 0 Å². The molecule has 1 aromatic rings. The molecule has 1 saturated carbocycles. The monoisotopic (exact) mass is 409 g/mol. The smallest absolute Gasteiger partial charge is 0.0611 e. The quantitative estimate of drug-likeness (QED) is 0.381. The Morgan fingerprint density at radius 1 is 1.17 bits per heavy atom. The van der Waals surface area contributed by atoms with Gasteiger partial charge in [-0.25, -0.2) is 0 Å². The average molecular weight is 410 g/mol. The van der Waals surface area contributed by atoms with E-state index in [-0.39, 0.29) is 11.6 Å². The summed E-state index contributed by atoms with van der Waals surface area (Å²) >= 11 is 0. The summed E-state index contributed by atoms with van der Waals surface area (Å²) in [5, 5.41) is 10.6. The van der Waals surface area contributed by atoms with Crippen molar-refractivity contribution in [1.29, 1.82) is 0 Å². The lowest BCUT2D eigenvalue weighted by Gasteiger charge is -2.31. The highest BCUT2D eigenvalue weighted by molar-refractivity contribution is 5.23. The second kappa shape index (κ2) is 10.3. The molecule has 0 radical (unpaired) electrons. The van der Waals surface area contributed by atoms with Gasteiger partial charge in [-0.3, -0.25) is 0 Å². The summed E-state index contributed by atoms with van der Waals surface area (Å²) in [7, 11) is 2.23. The lowest BCUT2D eigenvalue weighted by atomic mass is 9.88. The molecule has 2 heteroatoms. The minimum Gasteiger partial charge on any atom is -0.392 e. The molecule has 4 atom stereocenters. The van der Waals surface area contributed by atoms with Gasteiger partial charge in [0, 0.05) is 11.5 Å². The number of hydrogen-bond donors (Lipinski definition) is 1. The van der Waals surface area contributed by atoms with Crippen LogP contribution in [0.5, 0.6) is 0 Å². The number of fused-ring (bicyclic) bond motifs is 1. The van der Waals surface area contributed by atoms with Gasteiger partial charge >= 0.3 is 0 Å². The van der Waals surface area contributed by atoms with Crippen molar-refractivity contribution in [3.63, 3.8) is 0 Å². The number of allylic oxidation sites excluding steroid dienone is 3. The highest BCUT2D eigenvalue weighted by Gasteiger charge is 2.43. The summed E-state index contributed by atoms with van der Waals surface area (Å²) in [4.78, 5) is 2.46. The van der Waals surface area contributed by atoms with Crippen molar-refractivity contribution in [3.8, 4) is 0 Å². The van der Waals surface area contributed by atoms with Crippen molar-refractivity contribution in [2.45, 2.75) is 84.3 Å². The van der Waals surface area contributed by atoms with Crippen molar-refractivity contribution >= 4 is 0 Å². The topological polar surface area (TPSA) is 23.5 Å². The minimum absolute atomic E-state index is 0.159. The molecule has 0 amide bonds. The van der Waals surface area contributed by atoms with E-state index in [4.69, 9.17) is 0 Å². The van der Waals surface area contributed by atoms with Gasteiger partial charge in [-0.05, 0) is 104 Å². The van der Waals surface area contributed by atoms with Crippen LogP contribution in [0.3, 0.4) is 0 Å². The van der Waals surface area contributed by atoms with Crippen LogP contribution in [0.1, 0.15) is 70.4 Å². The van der Waals surface area contributed by atoms with Crippen molar-refractivity contribution in [2.75, 3.05) is 13.6 Å². The Bertz CT molecular complexity index is 741. The predicted octanol–water partition coefficient (Wildman–Crippen LogP) is 6.33. The third kappa shape index (κ3) is 6.31. The summed E-state index contributed by atoms with van der Waals surface area (Å²) in [5.41, 5.74) is 4.65. The van der Waals surface area contributed by atoms with Gasteiger partial charge in [0.1, 0.15) is 0 Å². The Balaban J connectivity index is 1.42. The lowest BCUT2D eigenvalue weighted by molar-refractivity contribution is 0.141. The number of rotatable bonds is 9. The minimum atomic E-state index is -0.159. The molecule has 2 aliphatic rings. The highest BCUT2D eigenvalue weighted by atomic mass is 16.3. The standard InChI is InChI=1S/C28H43NO/c1-21-11-10-14-22(17-21)12-6-7-15-25-26-19-23(18-24(26)20-27(25)30)13-8-9-16-29(5)28(2,3)4/h7,10-11,14-15,17-18,24-27,30H,6,8-9,12-13,16,19-20H2,1-5H3/t24-,25+,26-,27+/m0/s1. The van der Waals surface area contributed by atoms with E-state index in [1.165, 1.54) is 43.4 Å². The van der Waals surface area contributed by atoms with E-state index in [1.807, 2.05) is 0 Å². The van der Waals surface area contributed by atoms with Crippen LogP contribution in [-0.2, 0) is 6.42 Å². The Morgan fingerprint density at radius 3 is 2.70 bits per heavy atom. The first kappa shape index (κ1) is 23.3. The van der Waals surface area contributed by atoms with E-state index in [2.05, 4.69) is 82.1 Å². The zero-order chi connectivity index (χ0) is 21.7. The molecule has 2 nitrogen and oxygen atoms in total. The molecule has 0 heterocycles. The molecule has 0 bridgehead atoms. The van der Waals surface area contributed by atoms with Crippen molar-refractivity contribution in [3.05, 3.63) is 59.2 Å². The van der Waals surface area contributed by atoms with Crippen molar-refractivity contribution < 1.29 is 5.11 Å². The second-order valence-electron chi connectivity index (χ2n) is 10.7. The summed E-state index contributed by atoms with van der Waals surface area (Å²) in [6.45, 7) is 10.2. The first-order chi connectivity index (χ1) is 14.2. The zero-order valence-electron chi connectivity index (χ0n) is 19.9. The molecule has 1 N–H and O–H groups in total. The SMILES string of the molecule is Cc1cccc(CCC=C[C@@H]2[C@H]3CC(CCCCN(C)C(C)(C)C)=C[C@H]3C[C@H]2O)c1. The molecule has 166 valence electrons. The summed E-state index contributed by atoms with van der Waals surface area (Å²) in [6, 6.07) is 8.79. The maximum atomic E-state index is 10.6. The second-order valence-corrected chi connectivity index (χ2v) is 10.7. The fourth-order valence-corrected chi connectivity index (χ4v) is 5.20. The van der Waals surface area contributed by atoms with Crippen LogP contribution in [0.4, 0.5) is 0 Å². The molecule has 0 aliphatic heterocycles. The highest BCUT2D eigenvalue weighted by Crippen LogP contribution is 2.48. The molecule has 30 heavy (non-hydrogen) atoms. The third-order valence-corrected chi connectivity index (χ3v) is 7.38. The Hall–Kier alpha value is -1.38. The Labute approximate surface area is 185 Å². The number of aryl methyl sites for hydroxylation is 2. The first-order valence-corrected chi connectivity index (χ1v) is 12.0.